The zero-order valence-corrected chi connectivity index (χ0v) is 15.2. The first-order valence-electron chi connectivity index (χ1n) is 7.99. The van der Waals surface area contributed by atoms with Gasteiger partial charge in [0.25, 0.3) is 0 Å². The molecule has 0 radical (unpaired) electrons. The van der Waals surface area contributed by atoms with Crippen LogP contribution in [0.4, 0.5) is 5.69 Å². The van der Waals surface area contributed by atoms with Gasteiger partial charge < -0.3 is 10.1 Å². The summed E-state index contributed by atoms with van der Waals surface area (Å²) in [6.07, 6.45) is 0. The third-order valence-electron chi connectivity index (χ3n) is 4.35. The van der Waals surface area contributed by atoms with Crippen LogP contribution in [0.5, 0.6) is 0 Å². The van der Waals surface area contributed by atoms with E-state index in [2.05, 4.69) is 11.4 Å². The Morgan fingerprint density at radius 2 is 1.92 bits per heavy atom. The summed E-state index contributed by atoms with van der Waals surface area (Å²) in [7, 11) is 1.27. The molecule has 6 heteroatoms. The molecule has 0 saturated heterocycles. The fourth-order valence-electron chi connectivity index (χ4n) is 2.62. The number of esters is 1. The fraction of sp³-hybridized carbons (Fsp3) is 0.500. The Kier molecular flexibility index (Phi) is 6.93. The minimum absolute atomic E-state index is 0.192. The van der Waals surface area contributed by atoms with Crippen molar-refractivity contribution in [2.75, 3.05) is 25.5 Å². The van der Waals surface area contributed by atoms with Crippen molar-refractivity contribution in [1.82, 2.24) is 4.90 Å². The summed E-state index contributed by atoms with van der Waals surface area (Å²) in [6, 6.07) is 3.35. The summed E-state index contributed by atoms with van der Waals surface area (Å²) in [6.45, 7) is 10.8. The molecule has 0 aromatic heterocycles. The van der Waals surface area contributed by atoms with E-state index >= 15 is 0 Å². The van der Waals surface area contributed by atoms with Gasteiger partial charge in [0.1, 0.15) is 6.07 Å². The third kappa shape index (κ3) is 3.92. The van der Waals surface area contributed by atoms with Gasteiger partial charge in [-0.25, -0.2) is 4.79 Å². The monoisotopic (exact) mass is 331 g/mol. The molecule has 1 unspecified atom stereocenters. The van der Waals surface area contributed by atoms with Gasteiger partial charge in [-0.2, -0.15) is 5.26 Å². The van der Waals surface area contributed by atoms with E-state index in [-0.39, 0.29) is 28.8 Å². The average molecular weight is 331 g/mol. The minimum atomic E-state index is -0.583. The molecule has 0 aliphatic carbocycles. The fourth-order valence-corrected chi connectivity index (χ4v) is 2.62. The molecular formula is C18H25N3O3. The Balaban J connectivity index is 3.36. The largest absolute Gasteiger partial charge is 0.465 e. The van der Waals surface area contributed by atoms with Crippen molar-refractivity contribution in [1.29, 1.82) is 5.26 Å². The quantitative estimate of drug-likeness (QED) is 0.810. The summed E-state index contributed by atoms with van der Waals surface area (Å²) in [5, 5.41) is 12.3. The topological polar surface area (TPSA) is 82.4 Å². The van der Waals surface area contributed by atoms with E-state index in [1.807, 2.05) is 25.7 Å². The molecule has 1 aromatic rings. The Morgan fingerprint density at radius 3 is 2.38 bits per heavy atom. The normalized spacial score (nSPS) is 11.8. The summed E-state index contributed by atoms with van der Waals surface area (Å²) >= 11 is 0. The van der Waals surface area contributed by atoms with Crippen LogP contribution < -0.4 is 5.32 Å². The Hall–Kier alpha value is -2.39. The minimum Gasteiger partial charge on any atom is -0.465 e. The first kappa shape index (κ1) is 19.7. The van der Waals surface area contributed by atoms with Crippen molar-refractivity contribution in [2.45, 2.75) is 40.7 Å². The molecule has 0 bridgehead atoms. The van der Waals surface area contributed by atoms with E-state index in [0.29, 0.717) is 0 Å². The number of carbonyl (C=O) groups is 2. The van der Waals surface area contributed by atoms with Crippen LogP contribution in [-0.4, -0.2) is 43.0 Å². The smallest absolute Gasteiger partial charge is 0.340 e. The first-order valence-corrected chi connectivity index (χ1v) is 7.99. The van der Waals surface area contributed by atoms with Crippen LogP contribution >= 0.6 is 0 Å². The molecule has 0 heterocycles. The number of rotatable bonds is 6. The number of ether oxygens (including phenoxy) is 1. The molecule has 0 aliphatic heterocycles. The highest BCUT2D eigenvalue weighted by Crippen LogP contribution is 2.28. The lowest BCUT2D eigenvalue weighted by atomic mass is 9.97. The molecule has 1 rings (SSSR count). The number of nitrogens with zero attached hydrogens (tertiary/aromatic N) is 2. The number of aryl methyl sites for hydroxylation is 1. The van der Waals surface area contributed by atoms with Crippen LogP contribution in [0.3, 0.4) is 0 Å². The Labute approximate surface area is 143 Å². The van der Waals surface area contributed by atoms with Crippen molar-refractivity contribution in [3.8, 4) is 6.07 Å². The Morgan fingerprint density at radius 1 is 1.33 bits per heavy atom. The lowest BCUT2D eigenvalue weighted by molar-refractivity contribution is -0.120. The second kappa shape index (κ2) is 8.46. The highest BCUT2D eigenvalue weighted by Gasteiger charge is 2.24. The standard InChI is InChI=1S/C18H25N3O3/c1-7-21(8-2)13(5)17(22)20-16-14(18(23)24-6)9-11(3)12(4)15(16)10-19/h9,13H,7-8H2,1-6H3,(H,20,22). The molecule has 0 spiro atoms. The second-order valence-electron chi connectivity index (χ2n) is 5.61. The first-order chi connectivity index (χ1) is 11.3. The van der Waals surface area contributed by atoms with E-state index in [1.165, 1.54) is 7.11 Å². The van der Waals surface area contributed by atoms with Gasteiger partial charge in [-0.05, 0) is 51.1 Å². The number of nitriles is 1. The zero-order valence-electron chi connectivity index (χ0n) is 15.2. The number of carbonyl (C=O) groups excluding carboxylic acids is 2. The zero-order chi connectivity index (χ0) is 18.4. The van der Waals surface area contributed by atoms with Gasteiger partial charge in [0.15, 0.2) is 0 Å². The number of anilines is 1. The van der Waals surface area contributed by atoms with Crippen molar-refractivity contribution in [3.63, 3.8) is 0 Å². The highest BCUT2D eigenvalue weighted by molar-refractivity contribution is 6.04. The van der Waals surface area contributed by atoms with Gasteiger partial charge in [0, 0.05) is 0 Å². The lowest BCUT2D eigenvalue weighted by Gasteiger charge is -2.26. The predicted octanol–water partition coefficient (Wildman–Crippen LogP) is 2.63. The number of methoxy groups -OCH3 is 1. The van der Waals surface area contributed by atoms with E-state index in [4.69, 9.17) is 4.74 Å². The maximum absolute atomic E-state index is 12.6. The van der Waals surface area contributed by atoms with Crippen LogP contribution in [0, 0.1) is 25.2 Å². The molecule has 1 amide bonds. The molecular weight excluding hydrogens is 306 g/mol. The summed E-state index contributed by atoms with van der Waals surface area (Å²) in [4.78, 5) is 26.6. The van der Waals surface area contributed by atoms with Gasteiger partial charge in [0.2, 0.25) is 5.91 Å². The summed E-state index contributed by atoms with van der Waals surface area (Å²) < 4.78 is 4.79. The number of likely N-dealkylation sites (N-methyl/N-ethyl adjacent to an activating group) is 1. The molecule has 0 aliphatic rings. The predicted molar refractivity (Wildman–Crippen MR) is 93.0 cm³/mol. The van der Waals surface area contributed by atoms with Gasteiger partial charge in [-0.3, -0.25) is 9.69 Å². The van der Waals surface area contributed by atoms with E-state index < -0.39 is 5.97 Å². The van der Waals surface area contributed by atoms with Crippen LogP contribution in [-0.2, 0) is 9.53 Å². The molecule has 1 atom stereocenters. The van der Waals surface area contributed by atoms with Crippen molar-refractivity contribution in [3.05, 3.63) is 28.3 Å². The molecule has 0 saturated carbocycles. The molecule has 6 nitrogen and oxygen atoms in total. The number of hydrogen-bond acceptors (Lipinski definition) is 5. The van der Waals surface area contributed by atoms with E-state index in [9.17, 15) is 14.9 Å². The van der Waals surface area contributed by atoms with Gasteiger partial charge >= 0.3 is 5.97 Å². The maximum atomic E-state index is 12.6. The van der Waals surface area contributed by atoms with Gasteiger partial charge in [-0.15, -0.1) is 0 Å². The molecule has 0 fully saturated rings. The van der Waals surface area contributed by atoms with Crippen molar-refractivity contribution >= 4 is 17.6 Å². The van der Waals surface area contributed by atoms with Gasteiger partial charge in [-0.1, -0.05) is 13.8 Å². The van der Waals surface area contributed by atoms with Crippen LogP contribution in [0.2, 0.25) is 0 Å². The van der Waals surface area contributed by atoms with Crippen molar-refractivity contribution < 1.29 is 14.3 Å². The van der Waals surface area contributed by atoms with E-state index in [1.54, 1.807) is 19.9 Å². The maximum Gasteiger partial charge on any atom is 0.340 e. The molecule has 1 N–H and O–H groups in total. The third-order valence-corrected chi connectivity index (χ3v) is 4.35. The summed E-state index contributed by atoms with van der Waals surface area (Å²) in [5.74, 6) is -0.844. The lowest BCUT2D eigenvalue weighted by Crippen LogP contribution is -2.42. The number of amides is 1. The molecule has 24 heavy (non-hydrogen) atoms. The highest BCUT2D eigenvalue weighted by atomic mass is 16.5. The molecule has 1 aromatic carbocycles. The van der Waals surface area contributed by atoms with Crippen LogP contribution in [0.15, 0.2) is 6.07 Å². The summed E-state index contributed by atoms with van der Waals surface area (Å²) in [5.41, 5.74) is 2.22. The molecule has 130 valence electrons. The van der Waals surface area contributed by atoms with E-state index in [0.717, 1.165) is 24.2 Å². The Bertz CT molecular complexity index is 673. The number of benzene rings is 1. The SMILES string of the molecule is CCN(CC)C(C)C(=O)Nc1c(C(=O)OC)cc(C)c(C)c1C#N. The average Bonchev–Trinajstić information content (AvgIpc) is 2.58. The number of nitrogens with one attached hydrogen (secondary N) is 1. The van der Waals surface area contributed by atoms with Crippen LogP contribution in [0.25, 0.3) is 0 Å². The van der Waals surface area contributed by atoms with Gasteiger partial charge in [0.05, 0.1) is 30.0 Å². The van der Waals surface area contributed by atoms with Crippen LogP contribution in [0.1, 0.15) is 47.8 Å². The second-order valence-corrected chi connectivity index (χ2v) is 5.61. The number of hydrogen-bond donors (Lipinski definition) is 1. The van der Waals surface area contributed by atoms with Crippen molar-refractivity contribution in [2.24, 2.45) is 0 Å².